The summed E-state index contributed by atoms with van der Waals surface area (Å²) >= 11 is 6.07. The number of hydrogen-bond donors (Lipinski definition) is 1. The Morgan fingerprint density at radius 1 is 1.35 bits per heavy atom. The van der Waals surface area contributed by atoms with Crippen LogP contribution < -0.4 is 10.6 Å². The number of piperazine rings is 1. The predicted molar refractivity (Wildman–Crippen MR) is 83.2 cm³/mol. The molecule has 20 heavy (non-hydrogen) atoms. The van der Waals surface area contributed by atoms with Gasteiger partial charge in [0.2, 0.25) is 5.91 Å². The highest BCUT2D eigenvalue weighted by Gasteiger charge is 2.22. The van der Waals surface area contributed by atoms with Crippen molar-refractivity contribution in [1.29, 1.82) is 0 Å². The minimum absolute atomic E-state index is 0.0734. The lowest BCUT2D eigenvalue weighted by atomic mass is 10.1. The van der Waals surface area contributed by atoms with Gasteiger partial charge in [0.25, 0.3) is 0 Å². The SMILES string of the molecule is Cc1ccc(Cl)cc1N1CCN(C(=O)CC(C)N)CC1. The maximum atomic E-state index is 12.0. The monoisotopic (exact) mass is 295 g/mol. The highest BCUT2D eigenvalue weighted by molar-refractivity contribution is 6.30. The van der Waals surface area contributed by atoms with Gasteiger partial charge in [-0.25, -0.2) is 0 Å². The molecule has 0 radical (unpaired) electrons. The van der Waals surface area contributed by atoms with Crippen molar-refractivity contribution in [2.45, 2.75) is 26.3 Å². The molecule has 2 rings (SSSR count). The molecule has 1 aromatic rings. The molecule has 1 amide bonds. The van der Waals surface area contributed by atoms with Gasteiger partial charge < -0.3 is 15.5 Å². The number of rotatable bonds is 3. The molecule has 5 heteroatoms. The Kier molecular flexibility index (Phi) is 4.89. The van der Waals surface area contributed by atoms with Crippen LogP contribution in [0.2, 0.25) is 5.02 Å². The van der Waals surface area contributed by atoms with Crippen molar-refractivity contribution < 1.29 is 4.79 Å². The second-order valence-corrected chi connectivity index (χ2v) is 5.92. The van der Waals surface area contributed by atoms with Gasteiger partial charge in [0, 0.05) is 49.4 Å². The number of nitrogens with two attached hydrogens (primary N) is 1. The van der Waals surface area contributed by atoms with Gasteiger partial charge in [-0.1, -0.05) is 17.7 Å². The lowest BCUT2D eigenvalue weighted by Crippen LogP contribution is -2.49. The summed E-state index contributed by atoms with van der Waals surface area (Å²) in [4.78, 5) is 16.2. The standard InChI is InChI=1S/C15H22ClN3O/c1-11-3-4-13(16)10-14(11)18-5-7-19(8-6-18)15(20)9-12(2)17/h3-4,10,12H,5-9,17H2,1-2H3. The second kappa shape index (κ2) is 6.46. The van der Waals surface area contributed by atoms with E-state index in [1.807, 2.05) is 30.0 Å². The fourth-order valence-electron chi connectivity index (χ4n) is 2.52. The molecule has 0 bridgehead atoms. The van der Waals surface area contributed by atoms with E-state index in [0.717, 1.165) is 36.9 Å². The summed E-state index contributed by atoms with van der Waals surface area (Å²) in [6.07, 6.45) is 0.427. The summed E-state index contributed by atoms with van der Waals surface area (Å²) in [7, 11) is 0. The molecule has 1 aromatic carbocycles. The van der Waals surface area contributed by atoms with Gasteiger partial charge in [0.15, 0.2) is 0 Å². The van der Waals surface area contributed by atoms with Gasteiger partial charge in [-0.2, -0.15) is 0 Å². The van der Waals surface area contributed by atoms with E-state index in [9.17, 15) is 4.79 Å². The number of anilines is 1. The smallest absolute Gasteiger partial charge is 0.224 e. The van der Waals surface area contributed by atoms with Crippen LogP contribution in [0.25, 0.3) is 0 Å². The average Bonchev–Trinajstić information content (AvgIpc) is 2.41. The molecule has 0 aromatic heterocycles. The summed E-state index contributed by atoms with van der Waals surface area (Å²) in [5.41, 5.74) is 8.06. The Balaban J connectivity index is 1.97. The van der Waals surface area contributed by atoms with Crippen molar-refractivity contribution in [3.63, 3.8) is 0 Å². The van der Waals surface area contributed by atoms with Crippen LogP contribution in [0.5, 0.6) is 0 Å². The number of benzene rings is 1. The topological polar surface area (TPSA) is 49.6 Å². The number of nitrogens with zero attached hydrogens (tertiary/aromatic N) is 2. The molecule has 0 spiro atoms. The van der Waals surface area contributed by atoms with Crippen LogP contribution in [0, 0.1) is 6.92 Å². The van der Waals surface area contributed by atoms with Crippen molar-refractivity contribution in [3.05, 3.63) is 28.8 Å². The van der Waals surface area contributed by atoms with E-state index in [4.69, 9.17) is 17.3 Å². The average molecular weight is 296 g/mol. The summed E-state index contributed by atoms with van der Waals surface area (Å²) in [6.45, 7) is 7.12. The van der Waals surface area contributed by atoms with Crippen molar-refractivity contribution in [1.82, 2.24) is 4.90 Å². The Morgan fingerprint density at radius 2 is 2.00 bits per heavy atom. The minimum Gasteiger partial charge on any atom is -0.368 e. The summed E-state index contributed by atoms with van der Waals surface area (Å²) in [5, 5.41) is 0.751. The van der Waals surface area contributed by atoms with Crippen LogP contribution in [0.4, 0.5) is 5.69 Å². The first kappa shape index (κ1) is 15.1. The van der Waals surface area contributed by atoms with E-state index in [-0.39, 0.29) is 11.9 Å². The van der Waals surface area contributed by atoms with Crippen LogP contribution in [-0.2, 0) is 4.79 Å². The fourth-order valence-corrected chi connectivity index (χ4v) is 2.69. The molecule has 1 atom stereocenters. The van der Waals surface area contributed by atoms with E-state index in [1.165, 1.54) is 5.56 Å². The minimum atomic E-state index is -0.0734. The molecule has 110 valence electrons. The van der Waals surface area contributed by atoms with E-state index in [1.54, 1.807) is 0 Å². The number of aryl methyl sites for hydroxylation is 1. The number of carbonyl (C=O) groups is 1. The normalized spacial score (nSPS) is 17.2. The molecular weight excluding hydrogens is 274 g/mol. The van der Waals surface area contributed by atoms with Crippen molar-refractivity contribution in [3.8, 4) is 0 Å². The number of hydrogen-bond acceptors (Lipinski definition) is 3. The maximum Gasteiger partial charge on any atom is 0.224 e. The molecule has 1 saturated heterocycles. The second-order valence-electron chi connectivity index (χ2n) is 5.48. The van der Waals surface area contributed by atoms with Crippen LogP contribution in [0.3, 0.4) is 0 Å². The van der Waals surface area contributed by atoms with Crippen molar-refractivity contribution in [2.75, 3.05) is 31.1 Å². The van der Waals surface area contributed by atoms with Gasteiger partial charge in [0.1, 0.15) is 0 Å². The molecule has 4 nitrogen and oxygen atoms in total. The van der Waals surface area contributed by atoms with Crippen LogP contribution in [0.15, 0.2) is 18.2 Å². The molecule has 0 aliphatic carbocycles. The fraction of sp³-hybridized carbons (Fsp3) is 0.533. The van der Waals surface area contributed by atoms with Gasteiger partial charge in [-0.3, -0.25) is 4.79 Å². The van der Waals surface area contributed by atoms with E-state index >= 15 is 0 Å². The zero-order valence-electron chi connectivity index (χ0n) is 12.1. The largest absolute Gasteiger partial charge is 0.368 e. The molecule has 0 saturated carbocycles. The van der Waals surface area contributed by atoms with E-state index < -0.39 is 0 Å². The Hall–Kier alpha value is -1.26. The highest BCUT2D eigenvalue weighted by atomic mass is 35.5. The zero-order chi connectivity index (χ0) is 14.7. The molecular formula is C15H22ClN3O. The lowest BCUT2D eigenvalue weighted by Gasteiger charge is -2.37. The lowest BCUT2D eigenvalue weighted by molar-refractivity contribution is -0.131. The van der Waals surface area contributed by atoms with Gasteiger partial charge in [0.05, 0.1) is 0 Å². The molecule has 1 unspecified atom stereocenters. The van der Waals surface area contributed by atoms with Crippen LogP contribution >= 0.6 is 11.6 Å². The first-order valence-electron chi connectivity index (χ1n) is 7.02. The maximum absolute atomic E-state index is 12.0. The Morgan fingerprint density at radius 3 is 2.60 bits per heavy atom. The third-order valence-electron chi connectivity index (χ3n) is 3.64. The van der Waals surface area contributed by atoms with Crippen LogP contribution in [-0.4, -0.2) is 43.0 Å². The third-order valence-corrected chi connectivity index (χ3v) is 3.88. The summed E-state index contributed by atoms with van der Waals surface area (Å²) < 4.78 is 0. The predicted octanol–water partition coefficient (Wildman–Crippen LogP) is 2.03. The molecule has 2 N–H and O–H groups in total. The quantitative estimate of drug-likeness (QED) is 0.928. The van der Waals surface area contributed by atoms with Crippen molar-refractivity contribution >= 4 is 23.2 Å². The zero-order valence-corrected chi connectivity index (χ0v) is 12.9. The molecule has 1 aliphatic rings. The first-order valence-corrected chi connectivity index (χ1v) is 7.39. The van der Waals surface area contributed by atoms with E-state index in [0.29, 0.717) is 6.42 Å². The summed E-state index contributed by atoms with van der Waals surface area (Å²) in [6, 6.07) is 5.86. The van der Waals surface area contributed by atoms with Gasteiger partial charge in [-0.05, 0) is 31.5 Å². The Labute approximate surface area is 125 Å². The van der Waals surface area contributed by atoms with Gasteiger partial charge >= 0.3 is 0 Å². The van der Waals surface area contributed by atoms with Crippen LogP contribution in [0.1, 0.15) is 18.9 Å². The summed E-state index contributed by atoms with van der Waals surface area (Å²) in [5.74, 6) is 0.155. The van der Waals surface area contributed by atoms with Gasteiger partial charge in [-0.15, -0.1) is 0 Å². The number of amides is 1. The molecule has 1 heterocycles. The van der Waals surface area contributed by atoms with E-state index in [2.05, 4.69) is 11.8 Å². The van der Waals surface area contributed by atoms with Crippen molar-refractivity contribution in [2.24, 2.45) is 5.73 Å². The molecule has 1 fully saturated rings. The number of halogens is 1. The molecule has 1 aliphatic heterocycles. The Bertz CT molecular complexity index is 482. The number of carbonyl (C=O) groups excluding carboxylic acids is 1. The third kappa shape index (κ3) is 3.64. The highest BCUT2D eigenvalue weighted by Crippen LogP contribution is 2.25. The first-order chi connectivity index (χ1) is 9.47.